The molecule has 2 heterocycles. The Morgan fingerprint density at radius 2 is 1.83 bits per heavy atom. The molecule has 1 aliphatic rings. The fourth-order valence-corrected chi connectivity index (χ4v) is 4.93. The number of halogens is 1. The van der Waals surface area contributed by atoms with E-state index in [9.17, 15) is 24.0 Å². The van der Waals surface area contributed by atoms with Crippen LogP contribution in [0.5, 0.6) is 5.75 Å². The number of nitrogens with one attached hydrogen (secondary N) is 1. The summed E-state index contributed by atoms with van der Waals surface area (Å²) in [5.41, 5.74) is 6.38. The molecule has 9 nitrogen and oxygen atoms in total. The van der Waals surface area contributed by atoms with E-state index in [0.29, 0.717) is 17.0 Å². The number of hydrogen-bond acceptors (Lipinski definition) is 8. The molecule has 1 unspecified atom stereocenters. The summed E-state index contributed by atoms with van der Waals surface area (Å²) in [6, 6.07) is 13.8. The highest BCUT2D eigenvalue weighted by Gasteiger charge is 2.35. The minimum atomic E-state index is -1.00. The van der Waals surface area contributed by atoms with Crippen LogP contribution in [-0.4, -0.2) is 30.7 Å². The molecule has 182 valence electrons. The highest BCUT2D eigenvalue weighted by atomic mass is 32.1. The summed E-state index contributed by atoms with van der Waals surface area (Å²) in [5.74, 6) is -2.49. The van der Waals surface area contributed by atoms with Gasteiger partial charge in [-0.1, -0.05) is 12.1 Å². The van der Waals surface area contributed by atoms with Crippen molar-refractivity contribution in [1.29, 1.82) is 5.26 Å². The molecule has 0 bridgehead atoms. The number of amides is 1. The van der Waals surface area contributed by atoms with E-state index in [1.165, 1.54) is 31.4 Å². The maximum absolute atomic E-state index is 13.7. The third-order valence-electron chi connectivity index (χ3n) is 5.51. The van der Waals surface area contributed by atoms with Crippen molar-refractivity contribution in [3.05, 3.63) is 85.0 Å². The SMILES string of the molecule is COC(=O)C=c1sc2n(c1=O)C(N)=C(C#N)C(c1ccc(F)cc1)C=2C(=O)Nc1ccc(OC)cc1. The molecule has 11 heteroatoms. The van der Waals surface area contributed by atoms with Crippen LogP contribution in [0.3, 0.4) is 0 Å². The Hall–Kier alpha value is -4.69. The fourth-order valence-electron chi connectivity index (χ4n) is 3.79. The van der Waals surface area contributed by atoms with E-state index in [1.54, 1.807) is 24.3 Å². The summed E-state index contributed by atoms with van der Waals surface area (Å²) in [7, 11) is 2.67. The maximum Gasteiger partial charge on any atom is 0.332 e. The quantitative estimate of drug-likeness (QED) is 0.497. The Kier molecular flexibility index (Phi) is 6.71. The zero-order valence-corrected chi connectivity index (χ0v) is 19.9. The minimum Gasteiger partial charge on any atom is -0.497 e. The third kappa shape index (κ3) is 4.37. The van der Waals surface area contributed by atoms with Gasteiger partial charge in [-0.05, 0) is 42.0 Å². The number of nitrogens with zero attached hydrogens (tertiary/aromatic N) is 2. The summed E-state index contributed by atoms with van der Waals surface area (Å²) in [6.07, 6.45) is 0.990. The molecule has 1 aliphatic heterocycles. The molecule has 1 atom stereocenters. The zero-order valence-electron chi connectivity index (χ0n) is 19.1. The maximum atomic E-state index is 13.7. The normalized spacial score (nSPS) is 15.2. The molecule has 4 rings (SSSR count). The van der Waals surface area contributed by atoms with E-state index in [2.05, 4.69) is 10.1 Å². The highest BCUT2D eigenvalue weighted by molar-refractivity contribution is 7.07. The number of allylic oxidation sites excluding steroid dienone is 1. The van der Waals surface area contributed by atoms with Crippen molar-refractivity contribution < 1.29 is 23.5 Å². The average molecular weight is 507 g/mol. The lowest BCUT2D eigenvalue weighted by Crippen LogP contribution is -2.40. The Labute approximate surface area is 207 Å². The molecular formula is C25H19FN4O5S. The third-order valence-corrected chi connectivity index (χ3v) is 6.62. The van der Waals surface area contributed by atoms with E-state index >= 15 is 0 Å². The number of thiazole rings is 1. The number of methoxy groups -OCH3 is 2. The van der Waals surface area contributed by atoms with Crippen molar-refractivity contribution in [2.75, 3.05) is 19.5 Å². The predicted molar refractivity (Wildman–Crippen MR) is 131 cm³/mol. The van der Waals surface area contributed by atoms with E-state index in [0.717, 1.165) is 29.1 Å². The number of carbonyl (C=O) groups is 2. The summed E-state index contributed by atoms with van der Waals surface area (Å²) >= 11 is 0.855. The molecule has 0 radical (unpaired) electrons. The van der Waals surface area contributed by atoms with Gasteiger partial charge in [-0.3, -0.25) is 14.2 Å². The van der Waals surface area contributed by atoms with Gasteiger partial charge in [0.1, 0.15) is 26.6 Å². The Morgan fingerprint density at radius 1 is 1.17 bits per heavy atom. The number of hydrogen-bond donors (Lipinski definition) is 2. The van der Waals surface area contributed by atoms with Crippen molar-refractivity contribution >= 4 is 46.4 Å². The molecule has 1 aromatic heterocycles. The minimum absolute atomic E-state index is 0.0356. The van der Waals surface area contributed by atoms with Crippen LogP contribution in [0, 0.1) is 17.1 Å². The predicted octanol–water partition coefficient (Wildman–Crippen LogP) is 1.25. The number of anilines is 1. The molecule has 0 aliphatic carbocycles. The second-order valence-corrected chi connectivity index (χ2v) is 8.60. The second kappa shape index (κ2) is 9.89. The van der Waals surface area contributed by atoms with Crippen molar-refractivity contribution in [1.82, 2.24) is 4.57 Å². The molecule has 3 N–H and O–H groups in total. The number of benzene rings is 2. The molecule has 2 aromatic carbocycles. The summed E-state index contributed by atoms with van der Waals surface area (Å²) in [4.78, 5) is 38.6. The van der Waals surface area contributed by atoms with Gasteiger partial charge in [0.05, 0.1) is 37.4 Å². The van der Waals surface area contributed by atoms with Gasteiger partial charge in [0.2, 0.25) is 0 Å². The van der Waals surface area contributed by atoms with Gasteiger partial charge >= 0.3 is 5.97 Å². The number of carbonyl (C=O) groups excluding carboxylic acids is 2. The first-order valence-corrected chi connectivity index (χ1v) is 11.3. The number of rotatable bonds is 5. The molecular weight excluding hydrogens is 487 g/mol. The number of aromatic nitrogens is 1. The Balaban J connectivity index is 2.01. The van der Waals surface area contributed by atoms with E-state index < -0.39 is 29.2 Å². The summed E-state index contributed by atoms with van der Waals surface area (Å²) in [5, 5.41) is 12.8. The standard InChI is InChI=1S/C25H19FN4O5S/c1-34-16-9-7-15(8-10-16)29-23(32)21-20(13-3-5-14(26)6-4-13)17(12-27)22(28)30-24(33)18(36-25(21)30)11-19(31)35-2/h3-11,20H,28H2,1-2H3,(H,29,32). The van der Waals surface area contributed by atoms with E-state index in [4.69, 9.17) is 10.5 Å². The van der Waals surface area contributed by atoms with Crippen molar-refractivity contribution in [3.63, 3.8) is 0 Å². The van der Waals surface area contributed by atoms with E-state index in [1.807, 2.05) is 6.07 Å². The van der Waals surface area contributed by atoms with Crippen LogP contribution in [0.1, 0.15) is 11.5 Å². The van der Waals surface area contributed by atoms with Crippen LogP contribution in [0.15, 0.2) is 58.9 Å². The number of esters is 1. The van der Waals surface area contributed by atoms with Crippen molar-refractivity contribution in [3.8, 4) is 11.8 Å². The van der Waals surface area contributed by atoms with Gasteiger partial charge < -0.3 is 20.5 Å². The molecule has 0 spiro atoms. The van der Waals surface area contributed by atoms with Crippen molar-refractivity contribution in [2.24, 2.45) is 5.73 Å². The van der Waals surface area contributed by atoms with Gasteiger partial charge in [-0.25, -0.2) is 9.18 Å². The first-order valence-electron chi connectivity index (χ1n) is 10.5. The number of nitrogens with two attached hydrogens (primary N) is 1. The second-order valence-electron chi connectivity index (χ2n) is 7.57. The van der Waals surface area contributed by atoms with Gasteiger partial charge in [-0.15, -0.1) is 11.3 Å². The molecule has 36 heavy (non-hydrogen) atoms. The van der Waals surface area contributed by atoms with Crippen LogP contribution >= 0.6 is 11.3 Å². The smallest absolute Gasteiger partial charge is 0.332 e. The van der Waals surface area contributed by atoms with Gasteiger partial charge in [0.25, 0.3) is 11.5 Å². The average Bonchev–Trinajstić information content (AvgIpc) is 3.20. The lowest BCUT2D eigenvalue weighted by atomic mass is 9.83. The molecule has 0 saturated carbocycles. The number of ether oxygens (including phenoxy) is 2. The number of nitriles is 1. The molecule has 0 fully saturated rings. The largest absolute Gasteiger partial charge is 0.497 e. The van der Waals surface area contributed by atoms with Crippen LogP contribution in [-0.2, 0) is 14.3 Å². The topological polar surface area (TPSA) is 136 Å². The first-order chi connectivity index (χ1) is 17.3. The van der Waals surface area contributed by atoms with Crippen LogP contribution < -0.4 is 30.5 Å². The molecule has 1 amide bonds. The molecule has 0 saturated heterocycles. The van der Waals surface area contributed by atoms with E-state index in [-0.39, 0.29) is 26.2 Å². The zero-order chi connectivity index (χ0) is 26.0. The first kappa shape index (κ1) is 24.4. The lowest BCUT2D eigenvalue weighted by molar-refractivity contribution is -0.133. The van der Waals surface area contributed by atoms with Crippen LogP contribution in [0.4, 0.5) is 10.1 Å². The van der Waals surface area contributed by atoms with Gasteiger partial charge in [0, 0.05) is 11.8 Å². The van der Waals surface area contributed by atoms with Gasteiger partial charge in [-0.2, -0.15) is 5.26 Å². The monoisotopic (exact) mass is 506 g/mol. The van der Waals surface area contributed by atoms with Crippen LogP contribution in [0.25, 0.3) is 17.5 Å². The van der Waals surface area contributed by atoms with Gasteiger partial charge in [0.15, 0.2) is 0 Å². The van der Waals surface area contributed by atoms with Crippen molar-refractivity contribution in [2.45, 2.75) is 5.92 Å². The fraction of sp³-hybridized carbons (Fsp3) is 0.120. The summed E-state index contributed by atoms with van der Waals surface area (Å²) < 4.78 is 24.6. The lowest BCUT2D eigenvalue weighted by Gasteiger charge is -2.25. The Bertz CT molecular complexity index is 1610. The van der Waals surface area contributed by atoms with Crippen LogP contribution in [0.2, 0.25) is 0 Å². The number of fused-ring (bicyclic) bond motifs is 1. The highest BCUT2D eigenvalue weighted by Crippen LogP contribution is 2.36. The summed E-state index contributed by atoms with van der Waals surface area (Å²) in [6.45, 7) is 0. The molecule has 3 aromatic rings. The Morgan fingerprint density at radius 3 is 2.42 bits per heavy atom.